The van der Waals surface area contributed by atoms with Crippen molar-refractivity contribution in [3.8, 4) is 6.07 Å². The summed E-state index contributed by atoms with van der Waals surface area (Å²) < 4.78 is 13.9. The van der Waals surface area contributed by atoms with E-state index in [1.54, 1.807) is 18.5 Å². The molecular weight excluding hydrogens is 305 g/mol. The summed E-state index contributed by atoms with van der Waals surface area (Å²) in [6.07, 6.45) is 3.43. The van der Waals surface area contributed by atoms with E-state index in [1.165, 1.54) is 17.0 Å². The highest BCUT2D eigenvalue weighted by Crippen LogP contribution is 2.17. The van der Waals surface area contributed by atoms with Crippen LogP contribution in [0.1, 0.15) is 22.3 Å². The summed E-state index contributed by atoms with van der Waals surface area (Å²) in [5, 5.41) is 8.96. The van der Waals surface area contributed by atoms with E-state index in [4.69, 9.17) is 16.9 Å². The van der Waals surface area contributed by atoms with E-state index in [2.05, 4.69) is 4.98 Å². The predicted octanol–water partition coefficient (Wildman–Crippen LogP) is 3.43. The number of carbonyl (C=O) groups excluding carboxylic acids is 1. The van der Waals surface area contributed by atoms with Crippen LogP contribution in [-0.2, 0) is 6.54 Å². The molecule has 0 bridgehead atoms. The third kappa shape index (κ3) is 4.03. The Morgan fingerprint density at radius 2 is 2.23 bits per heavy atom. The lowest BCUT2D eigenvalue weighted by Gasteiger charge is -2.22. The zero-order chi connectivity index (χ0) is 15.9. The summed E-state index contributed by atoms with van der Waals surface area (Å²) >= 11 is 5.70. The largest absolute Gasteiger partial charge is 0.333 e. The van der Waals surface area contributed by atoms with Crippen molar-refractivity contribution in [1.82, 2.24) is 9.88 Å². The average molecular weight is 318 g/mol. The van der Waals surface area contributed by atoms with Gasteiger partial charge in [0.1, 0.15) is 5.82 Å². The molecule has 0 saturated carbocycles. The Balaban J connectivity index is 2.24. The van der Waals surface area contributed by atoms with Crippen molar-refractivity contribution in [3.05, 3.63) is 64.7 Å². The van der Waals surface area contributed by atoms with Gasteiger partial charge in [-0.15, -0.1) is 0 Å². The first-order valence-corrected chi connectivity index (χ1v) is 7.00. The van der Waals surface area contributed by atoms with E-state index < -0.39 is 11.7 Å². The number of hydrogen-bond acceptors (Lipinski definition) is 3. The number of nitriles is 1. The molecule has 1 heterocycles. The minimum atomic E-state index is -0.675. The van der Waals surface area contributed by atoms with Gasteiger partial charge in [0.05, 0.1) is 18.1 Å². The Morgan fingerprint density at radius 3 is 2.86 bits per heavy atom. The molecule has 0 aliphatic heterocycles. The van der Waals surface area contributed by atoms with Gasteiger partial charge in [-0.1, -0.05) is 17.7 Å². The van der Waals surface area contributed by atoms with Crippen LogP contribution >= 0.6 is 11.6 Å². The van der Waals surface area contributed by atoms with Gasteiger partial charge in [0.15, 0.2) is 0 Å². The molecule has 0 spiro atoms. The van der Waals surface area contributed by atoms with Crippen LogP contribution in [0.3, 0.4) is 0 Å². The molecule has 4 nitrogen and oxygen atoms in total. The lowest BCUT2D eigenvalue weighted by Crippen LogP contribution is -2.32. The van der Waals surface area contributed by atoms with Crippen LogP contribution in [0.25, 0.3) is 0 Å². The second-order valence-corrected chi connectivity index (χ2v) is 5.06. The maximum absolute atomic E-state index is 13.9. The van der Waals surface area contributed by atoms with Crippen LogP contribution in [0.15, 0.2) is 42.7 Å². The molecule has 0 saturated heterocycles. The summed E-state index contributed by atoms with van der Waals surface area (Å²) in [4.78, 5) is 17.9. The van der Waals surface area contributed by atoms with Crippen LogP contribution in [0.5, 0.6) is 0 Å². The zero-order valence-corrected chi connectivity index (χ0v) is 12.4. The van der Waals surface area contributed by atoms with Gasteiger partial charge in [-0.25, -0.2) is 4.39 Å². The molecule has 112 valence electrons. The van der Waals surface area contributed by atoms with E-state index in [9.17, 15) is 9.18 Å². The average Bonchev–Trinajstić information content (AvgIpc) is 2.52. The standard InChI is InChI=1S/C16H13ClFN3O/c17-13-4-5-14(15(18)9-13)16(22)21(8-2-6-19)11-12-3-1-7-20-10-12/h1,3-5,7,9-10H,2,8,11H2. The van der Waals surface area contributed by atoms with Crippen molar-refractivity contribution in [1.29, 1.82) is 5.26 Å². The monoisotopic (exact) mass is 317 g/mol. The molecule has 0 N–H and O–H groups in total. The lowest BCUT2D eigenvalue weighted by atomic mass is 10.1. The topological polar surface area (TPSA) is 57.0 Å². The number of pyridine rings is 1. The number of amides is 1. The van der Waals surface area contributed by atoms with Crippen molar-refractivity contribution in [2.24, 2.45) is 0 Å². The molecule has 6 heteroatoms. The number of rotatable bonds is 5. The summed E-state index contributed by atoms with van der Waals surface area (Å²) in [5.74, 6) is -1.15. The zero-order valence-electron chi connectivity index (χ0n) is 11.7. The van der Waals surface area contributed by atoms with Crippen LogP contribution in [0, 0.1) is 17.1 Å². The van der Waals surface area contributed by atoms with Gasteiger partial charge >= 0.3 is 0 Å². The molecule has 0 fully saturated rings. The van der Waals surface area contributed by atoms with E-state index in [0.717, 1.165) is 11.6 Å². The Bertz CT molecular complexity index is 700. The molecule has 1 aromatic heterocycles. The SMILES string of the molecule is N#CCCN(Cc1cccnc1)C(=O)c1ccc(Cl)cc1F. The summed E-state index contributed by atoms with van der Waals surface area (Å²) in [7, 11) is 0. The molecule has 0 aliphatic rings. The van der Waals surface area contributed by atoms with Crippen LogP contribution in [-0.4, -0.2) is 22.3 Å². The third-order valence-corrected chi connectivity index (χ3v) is 3.27. The maximum Gasteiger partial charge on any atom is 0.257 e. The van der Waals surface area contributed by atoms with Gasteiger partial charge in [-0.3, -0.25) is 9.78 Å². The first kappa shape index (κ1) is 15.9. The molecule has 0 unspecified atom stereocenters. The smallest absolute Gasteiger partial charge is 0.257 e. The Morgan fingerprint density at radius 1 is 1.41 bits per heavy atom. The van der Waals surface area contributed by atoms with Gasteiger partial charge in [-0.05, 0) is 29.8 Å². The molecule has 2 aromatic rings. The highest BCUT2D eigenvalue weighted by Gasteiger charge is 2.19. The van der Waals surface area contributed by atoms with Crippen LogP contribution in [0.4, 0.5) is 4.39 Å². The highest BCUT2D eigenvalue weighted by molar-refractivity contribution is 6.30. The van der Waals surface area contributed by atoms with Gasteiger partial charge in [-0.2, -0.15) is 5.26 Å². The second kappa shape index (κ2) is 7.53. The number of aromatic nitrogens is 1. The molecule has 1 amide bonds. The Kier molecular flexibility index (Phi) is 5.45. The lowest BCUT2D eigenvalue weighted by molar-refractivity contribution is 0.0742. The number of nitrogens with zero attached hydrogens (tertiary/aromatic N) is 3. The first-order chi connectivity index (χ1) is 10.6. The number of halogens is 2. The molecule has 0 radical (unpaired) electrons. The molecular formula is C16H13ClFN3O. The Hall–Kier alpha value is -2.45. The van der Waals surface area contributed by atoms with Crippen molar-refractivity contribution in [2.45, 2.75) is 13.0 Å². The van der Waals surface area contributed by atoms with E-state index >= 15 is 0 Å². The molecule has 0 atom stereocenters. The van der Waals surface area contributed by atoms with Gasteiger partial charge in [0, 0.05) is 30.5 Å². The maximum atomic E-state index is 13.9. The molecule has 1 aromatic carbocycles. The fourth-order valence-electron chi connectivity index (χ4n) is 1.98. The fourth-order valence-corrected chi connectivity index (χ4v) is 2.14. The molecule has 22 heavy (non-hydrogen) atoms. The highest BCUT2D eigenvalue weighted by atomic mass is 35.5. The van der Waals surface area contributed by atoms with Gasteiger partial charge in [0.2, 0.25) is 0 Å². The predicted molar refractivity (Wildman–Crippen MR) is 80.6 cm³/mol. The Labute approximate surface area is 132 Å². The number of hydrogen-bond donors (Lipinski definition) is 0. The quantitative estimate of drug-likeness (QED) is 0.849. The van der Waals surface area contributed by atoms with Crippen molar-refractivity contribution in [3.63, 3.8) is 0 Å². The van der Waals surface area contributed by atoms with E-state index in [-0.39, 0.29) is 30.1 Å². The van der Waals surface area contributed by atoms with Crippen LogP contribution < -0.4 is 0 Å². The number of benzene rings is 1. The van der Waals surface area contributed by atoms with Gasteiger partial charge in [0.25, 0.3) is 5.91 Å². The summed E-state index contributed by atoms with van der Waals surface area (Å²) in [6, 6.07) is 9.47. The molecule has 2 rings (SSSR count). The number of carbonyl (C=O) groups is 1. The van der Waals surface area contributed by atoms with E-state index in [0.29, 0.717) is 0 Å². The van der Waals surface area contributed by atoms with Crippen LogP contribution in [0.2, 0.25) is 5.02 Å². The molecule has 0 aliphatic carbocycles. The van der Waals surface area contributed by atoms with E-state index in [1.807, 2.05) is 12.1 Å². The van der Waals surface area contributed by atoms with Crippen molar-refractivity contribution in [2.75, 3.05) is 6.54 Å². The van der Waals surface area contributed by atoms with Crippen molar-refractivity contribution >= 4 is 17.5 Å². The minimum Gasteiger partial charge on any atom is -0.333 e. The summed E-state index contributed by atoms with van der Waals surface area (Å²) in [5.41, 5.74) is 0.745. The first-order valence-electron chi connectivity index (χ1n) is 6.62. The summed E-state index contributed by atoms with van der Waals surface area (Å²) in [6.45, 7) is 0.475. The minimum absolute atomic E-state index is 0.0637. The van der Waals surface area contributed by atoms with Gasteiger partial charge < -0.3 is 4.90 Å². The second-order valence-electron chi connectivity index (χ2n) is 4.62. The van der Waals surface area contributed by atoms with Crippen molar-refractivity contribution < 1.29 is 9.18 Å². The fraction of sp³-hybridized carbons (Fsp3) is 0.188. The third-order valence-electron chi connectivity index (χ3n) is 3.04. The normalized spacial score (nSPS) is 10.0.